The van der Waals surface area contributed by atoms with Crippen LogP contribution < -0.4 is 18.9 Å². The van der Waals surface area contributed by atoms with Gasteiger partial charge in [-0.2, -0.15) is 5.26 Å². The van der Waals surface area contributed by atoms with Gasteiger partial charge in [-0.3, -0.25) is 9.52 Å². The Hall–Kier alpha value is -3.90. The maximum atomic E-state index is 12.0. The van der Waals surface area contributed by atoms with Crippen LogP contribution in [0.2, 0.25) is 0 Å². The average Bonchev–Trinajstić information content (AvgIpc) is 3.38. The van der Waals surface area contributed by atoms with Crippen LogP contribution in [0.4, 0.5) is 0 Å². The minimum atomic E-state index is -1.40. The molecule has 5 rings (SSSR count). The van der Waals surface area contributed by atoms with Gasteiger partial charge in [0.25, 0.3) is 0 Å². The predicted octanol–water partition coefficient (Wildman–Crippen LogP) is 3.48. The van der Waals surface area contributed by atoms with Crippen molar-refractivity contribution in [2.75, 3.05) is 6.61 Å². The van der Waals surface area contributed by atoms with E-state index in [1.807, 2.05) is 30.3 Å². The van der Waals surface area contributed by atoms with Crippen molar-refractivity contribution in [3.8, 4) is 29.1 Å². The lowest BCUT2D eigenvalue weighted by Gasteiger charge is -2.14. The Bertz CT molecular complexity index is 1240. The summed E-state index contributed by atoms with van der Waals surface area (Å²) in [6, 6.07) is 18.1. The lowest BCUT2D eigenvalue weighted by Crippen LogP contribution is -2.15. The molecule has 160 valence electrons. The van der Waals surface area contributed by atoms with Gasteiger partial charge in [0.05, 0.1) is 11.4 Å². The van der Waals surface area contributed by atoms with Crippen LogP contribution in [0.5, 0.6) is 23.0 Å². The average molecular weight is 447 g/mol. The zero-order valence-corrected chi connectivity index (χ0v) is 17.5. The summed E-state index contributed by atoms with van der Waals surface area (Å²) in [5, 5.41) is 8.53. The normalized spacial score (nSPS) is 21.2. The van der Waals surface area contributed by atoms with Crippen molar-refractivity contribution in [1.29, 1.82) is 5.26 Å². The van der Waals surface area contributed by atoms with Gasteiger partial charge in [0.2, 0.25) is 5.91 Å². The van der Waals surface area contributed by atoms with Crippen molar-refractivity contribution in [3.63, 3.8) is 0 Å². The van der Waals surface area contributed by atoms with E-state index in [1.165, 1.54) is 6.20 Å². The highest BCUT2D eigenvalue weighted by atomic mass is 32.2. The van der Waals surface area contributed by atoms with E-state index in [2.05, 4.69) is 9.71 Å². The number of carbonyl (C=O) groups is 1. The highest BCUT2D eigenvalue weighted by Gasteiger charge is 2.31. The van der Waals surface area contributed by atoms with E-state index < -0.39 is 11.0 Å². The Morgan fingerprint density at radius 2 is 1.94 bits per heavy atom. The maximum absolute atomic E-state index is 12.0. The third kappa shape index (κ3) is 3.88. The number of pyridine rings is 1. The Balaban J connectivity index is 1.30. The van der Waals surface area contributed by atoms with E-state index in [-0.39, 0.29) is 23.7 Å². The predicted molar refractivity (Wildman–Crippen MR) is 114 cm³/mol. The summed E-state index contributed by atoms with van der Waals surface area (Å²) in [5.74, 6) is 2.07. The number of fused-ring (bicyclic) bond motifs is 1. The van der Waals surface area contributed by atoms with Crippen molar-refractivity contribution in [2.24, 2.45) is 0 Å². The summed E-state index contributed by atoms with van der Waals surface area (Å²) in [7, 11) is -1.40. The largest absolute Gasteiger partial charge is 0.485 e. The summed E-state index contributed by atoms with van der Waals surface area (Å²) < 4.78 is 32.3. The van der Waals surface area contributed by atoms with Gasteiger partial charge in [-0.15, -0.1) is 0 Å². The molecule has 3 heterocycles. The molecule has 0 spiro atoms. The molecule has 3 aromatic rings. The summed E-state index contributed by atoms with van der Waals surface area (Å²) in [6.45, 7) is 0.328. The van der Waals surface area contributed by atoms with Crippen LogP contribution in [0, 0.1) is 11.3 Å². The molecule has 32 heavy (non-hydrogen) atoms. The van der Waals surface area contributed by atoms with Crippen molar-refractivity contribution in [2.45, 2.75) is 17.8 Å². The number of benzene rings is 2. The van der Waals surface area contributed by atoms with Crippen molar-refractivity contribution >= 4 is 16.9 Å². The molecule has 3 unspecified atom stereocenters. The first-order chi connectivity index (χ1) is 15.6. The standard InChI is InChI=1S/C23H17N3O5S/c24-11-15-6-9-17(12-25-15)31-19-3-1-2-18-20(13-29-23(18)19)30-16-7-4-14(5-8-16)21-10-22(27)26-32(21)28/h1-9,12,20-21H,10,13H2,(H,26,27). The quantitative estimate of drug-likeness (QED) is 0.637. The van der Waals surface area contributed by atoms with Gasteiger partial charge in [0.1, 0.15) is 40.9 Å². The van der Waals surface area contributed by atoms with E-state index in [0.717, 1.165) is 11.1 Å². The molecule has 1 N–H and O–H groups in total. The molecule has 1 fully saturated rings. The van der Waals surface area contributed by atoms with Crippen LogP contribution in [-0.2, 0) is 15.8 Å². The lowest BCUT2D eigenvalue weighted by molar-refractivity contribution is -0.118. The molecule has 3 atom stereocenters. The smallest absolute Gasteiger partial charge is 0.233 e. The topological polar surface area (TPSA) is 111 Å². The molecular formula is C23H17N3O5S. The van der Waals surface area contributed by atoms with E-state index >= 15 is 0 Å². The fraction of sp³-hybridized carbons (Fsp3) is 0.174. The minimum absolute atomic E-state index is 0.205. The number of aromatic nitrogens is 1. The van der Waals surface area contributed by atoms with Crippen LogP contribution in [0.3, 0.4) is 0 Å². The molecule has 0 aliphatic carbocycles. The summed E-state index contributed by atoms with van der Waals surface area (Å²) in [6.07, 6.45) is 1.39. The molecule has 2 aliphatic heterocycles. The molecule has 9 heteroatoms. The third-order valence-corrected chi connectivity index (χ3v) is 6.57. The molecular weight excluding hydrogens is 430 g/mol. The minimum Gasteiger partial charge on any atom is -0.485 e. The number of amides is 1. The molecule has 8 nitrogen and oxygen atoms in total. The zero-order chi connectivity index (χ0) is 22.1. The monoisotopic (exact) mass is 447 g/mol. The first kappa shape index (κ1) is 20.0. The van der Waals surface area contributed by atoms with Crippen molar-refractivity contribution in [1.82, 2.24) is 9.71 Å². The van der Waals surface area contributed by atoms with Crippen molar-refractivity contribution < 1.29 is 23.2 Å². The van der Waals surface area contributed by atoms with Gasteiger partial charge in [-0.1, -0.05) is 24.3 Å². The van der Waals surface area contributed by atoms with E-state index in [0.29, 0.717) is 35.3 Å². The summed E-state index contributed by atoms with van der Waals surface area (Å²) in [4.78, 5) is 15.5. The summed E-state index contributed by atoms with van der Waals surface area (Å²) >= 11 is 0. The number of nitrogens with zero attached hydrogens (tertiary/aromatic N) is 2. The van der Waals surface area contributed by atoms with Gasteiger partial charge in [0, 0.05) is 12.0 Å². The van der Waals surface area contributed by atoms with Gasteiger partial charge < -0.3 is 14.2 Å². The zero-order valence-electron chi connectivity index (χ0n) is 16.7. The molecule has 1 amide bonds. The van der Waals surface area contributed by atoms with Gasteiger partial charge in [-0.05, 0) is 35.9 Å². The first-order valence-electron chi connectivity index (χ1n) is 9.87. The van der Waals surface area contributed by atoms with Gasteiger partial charge in [0.15, 0.2) is 17.6 Å². The Morgan fingerprint density at radius 3 is 2.62 bits per heavy atom. The highest BCUT2D eigenvalue weighted by Crippen LogP contribution is 2.43. The number of para-hydroxylation sites is 1. The molecule has 1 saturated heterocycles. The first-order valence-corrected chi connectivity index (χ1v) is 11.1. The van der Waals surface area contributed by atoms with Crippen LogP contribution >= 0.6 is 0 Å². The van der Waals surface area contributed by atoms with E-state index in [1.54, 1.807) is 30.3 Å². The fourth-order valence-electron chi connectivity index (χ4n) is 3.64. The maximum Gasteiger partial charge on any atom is 0.233 e. The highest BCUT2D eigenvalue weighted by molar-refractivity contribution is 7.84. The van der Waals surface area contributed by atoms with Gasteiger partial charge >= 0.3 is 0 Å². The molecule has 2 aromatic carbocycles. The SMILES string of the molecule is N#Cc1ccc(Oc2cccc3c2OCC3Oc2ccc(C3CC(=O)NS3=O)cc2)cn1. The number of nitriles is 1. The Morgan fingerprint density at radius 1 is 1.12 bits per heavy atom. The van der Waals surface area contributed by atoms with Crippen molar-refractivity contribution in [3.05, 3.63) is 77.6 Å². The number of carbonyl (C=O) groups excluding carboxylic acids is 1. The van der Waals surface area contributed by atoms with Crippen LogP contribution in [0.15, 0.2) is 60.8 Å². The molecule has 2 aliphatic rings. The number of hydrogen-bond acceptors (Lipinski definition) is 7. The fourth-order valence-corrected chi connectivity index (χ4v) is 4.79. The molecule has 1 aromatic heterocycles. The Kier molecular flexibility index (Phi) is 5.21. The number of rotatable bonds is 5. The number of hydrogen-bond donors (Lipinski definition) is 1. The van der Waals surface area contributed by atoms with Crippen LogP contribution in [0.1, 0.15) is 34.6 Å². The van der Waals surface area contributed by atoms with Gasteiger partial charge in [-0.25, -0.2) is 9.19 Å². The molecule has 0 saturated carbocycles. The second-order valence-electron chi connectivity index (χ2n) is 7.27. The van der Waals surface area contributed by atoms with Crippen LogP contribution in [-0.4, -0.2) is 21.7 Å². The second kappa shape index (κ2) is 8.32. The number of nitrogens with one attached hydrogen (secondary N) is 1. The lowest BCUT2D eigenvalue weighted by atomic mass is 10.1. The van der Waals surface area contributed by atoms with E-state index in [9.17, 15) is 9.00 Å². The number of ether oxygens (including phenoxy) is 3. The third-order valence-electron chi connectivity index (χ3n) is 5.19. The van der Waals surface area contributed by atoms with E-state index in [4.69, 9.17) is 19.5 Å². The second-order valence-corrected chi connectivity index (χ2v) is 8.64. The Labute approximate surface area is 186 Å². The summed E-state index contributed by atoms with van der Waals surface area (Å²) in [5.41, 5.74) is 2.00. The molecule has 0 radical (unpaired) electrons. The molecule has 0 bridgehead atoms. The van der Waals surface area contributed by atoms with Crippen LogP contribution in [0.25, 0.3) is 0 Å².